The van der Waals surface area contributed by atoms with Crippen molar-refractivity contribution in [1.29, 1.82) is 0 Å². The third kappa shape index (κ3) is 3.42. The van der Waals surface area contributed by atoms with Gasteiger partial charge in [-0.2, -0.15) is 0 Å². The molecule has 2 aliphatic rings. The molecular weight excluding hydrogens is 236 g/mol. The van der Waals surface area contributed by atoms with Crippen LogP contribution in [0.4, 0.5) is 0 Å². The Morgan fingerprint density at radius 1 is 1.18 bits per heavy atom. The highest BCUT2D eigenvalue weighted by molar-refractivity contribution is 7.91. The summed E-state index contributed by atoms with van der Waals surface area (Å²) in [5.74, 6) is 1.65. The van der Waals surface area contributed by atoms with Crippen LogP contribution in [0.2, 0.25) is 0 Å². The van der Waals surface area contributed by atoms with Crippen LogP contribution in [0.15, 0.2) is 0 Å². The average Bonchev–Trinajstić information content (AvgIpc) is 2.28. The van der Waals surface area contributed by atoms with Crippen LogP contribution in [0.5, 0.6) is 0 Å². The quantitative estimate of drug-likeness (QED) is 0.784. The second-order valence-corrected chi connectivity index (χ2v) is 8.03. The van der Waals surface area contributed by atoms with E-state index >= 15 is 0 Å². The second-order valence-electron chi connectivity index (χ2n) is 5.73. The van der Waals surface area contributed by atoms with Crippen molar-refractivity contribution in [2.24, 2.45) is 17.6 Å². The van der Waals surface area contributed by atoms with Crippen molar-refractivity contribution >= 4 is 9.84 Å². The molecule has 0 aromatic rings. The number of nitrogens with two attached hydrogens (primary N) is 1. The lowest BCUT2D eigenvalue weighted by molar-refractivity contribution is 0.159. The topological polar surface area (TPSA) is 63.4 Å². The molecule has 0 aromatic carbocycles. The fourth-order valence-electron chi connectivity index (χ4n) is 3.20. The number of hydrogen-bond acceptors (Lipinski definition) is 4. The zero-order chi connectivity index (χ0) is 12.5. The van der Waals surface area contributed by atoms with Gasteiger partial charge in [-0.3, -0.25) is 0 Å². The summed E-state index contributed by atoms with van der Waals surface area (Å²) in [4.78, 5) is 2.34. The number of nitrogens with zero attached hydrogens (tertiary/aromatic N) is 1. The van der Waals surface area contributed by atoms with Crippen LogP contribution < -0.4 is 5.73 Å². The standard InChI is InChI=1S/C12H24N2O2S/c1-14-6-2-3-11(9-14)12(13)10-4-7-17(15,16)8-5-10/h10-12H,2-9,13H2,1H3. The third-order valence-corrected chi connectivity index (χ3v) is 6.06. The predicted octanol–water partition coefficient (Wildman–Crippen LogP) is 0.480. The van der Waals surface area contributed by atoms with Gasteiger partial charge in [-0.1, -0.05) is 0 Å². The molecule has 0 amide bonds. The van der Waals surface area contributed by atoms with Gasteiger partial charge in [0.15, 0.2) is 0 Å². The van der Waals surface area contributed by atoms with Crippen molar-refractivity contribution in [3.05, 3.63) is 0 Å². The summed E-state index contributed by atoms with van der Waals surface area (Å²) in [6, 6.07) is 0.188. The molecule has 2 N–H and O–H groups in total. The van der Waals surface area contributed by atoms with Gasteiger partial charge in [0.25, 0.3) is 0 Å². The molecule has 100 valence electrons. The Bertz CT molecular complexity index is 342. The molecule has 2 heterocycles. The van der Waals surface area contributed by atoms with Crippen molar-refractivity contribution in [3.8, 4) is 0 Å². The van der Waals surface area contributed by atoms with E-state index < -0.39 is 9.84 Å². The van der Waals surface area contributed by atoms with Crippen molar-refractivity contribution in [1.82, 2.24) is 4.90 Å². The van der Waals surface area contributed by atoms with Crippen LogP contribution in [0.1, 0.15) is 25.7 Å². The van der Waals surface area contributed by atoms with Gasteiger partial charge in [-0.05, 0) is 51.1 Å². The van der Waals surface area contributed by atoms with Gasteiger partial charge in [0.2, 0.25) is 0 Å². The van der Waals surface area contributed by atoms with Crippen LogP contribution in [0.25, 0.3) is 0 Å². The predicted molar refractivity (Wildman–Crippen MR) is 69.6 cm³/mol. The van der Waals surface area contributed by atoms with E-state index in [1.54, 1.807) is 0 Å². The molecule has 4 nitrogen and oxygen atoms in total. The summed E-state index contributed by atoms with van der Waals surface area (Å²) in [5, 5.41) is 0. The molecule has 0 spiro atoms. The molecular formula is C12H24N2O2S. The molecule has 2 unspecified atom stereocenters. The highest BCUT2D eigenvalue weighted by atomic mass is 32.2. The van der Waals surface area contributed by atoms with Gasteiger partial charge in [-0.15, -0.1) is 0 Å². The van der Waals surface area contributed by atoms with Gasteiger partial charge in [0, 0.05) is 12.6 Å². The highest BCUT2D eigenvalue weighted by Crippen LogP contribution is 2.28. The molecule has 5 heteroatoms. The molecule has 0 aromatic heterocycles. The Kier molecular flexibility index (Phi) is 4.10. The summed E-state index contributed by atoms with van der Waals surface area (Å²) in [5.41, 5.74) is 6.35. The first-order chi connectivity index (χ1) is 7.98. The first-order valence-electron chi connectivity index (χ1n) is 6.62. The molecule has 2 atom stereocenters. The molecule has 17 heavy (non-hydrogen) atoms. The Balaban J connectivity index is 1.89. The van der Waals surface area contributed by atoms with Gasteiger partial charge in [0.1, 0.15) is 9.84 Å². The van der Waals surface area contributed by atoms with E-state index in [-0.39, 0.29) is 6.04 Å². The first kappa shape index (κ1) is 13.3. The maximum absolute atomic E-state index is 11.4. The molecule has 2 aliphatic heterocycles. The lowest BCUT2D eigenvalue weighted by Gasteiger charge is -2.38. The van der Waals surface area contributed by atoms with Crippen molar-refractivity contribution in [3.63, 3.8) is 0 Å². The largest absolute Gasteiger partial charge is 0.327 e. The van der Waals surface area contributed by atoms with E-state index in [0.29, 0.717) is 23.3 Å². The summed E-state index contributed by atoms with van der Waals surface area (Å²) >= 11 is 0. The van der Waals surface area contributed by atoms with Crippen LogP contribution in [-0.2, 0) is 9.84 Å². The van der Waals surface area contributed by atoms with Gasteiger partial charge < -0.3 is 10.6 Å². The van der Waals surface area contributed by atoms with Gasteiger partial charge in [0.05, 0.1) is 11.5 Å². The smallest absolute Gasteiger partial charge is 0.150 e. The van der Waals surface area contributed by atoms with Crippen molar-refractivity contribution < 1.29 is 8.42 Å². The number of sulfone groups is 1. The Hall–Kier alpha value is -0.130. The highest BCUT2D eigenvalue weighted by Gasteiger charge is 2.33. The van der Waals surface area contributed by atoms with Crippen LogP contribution in [0, 0.1) is 11.8 Å². The lowest BCUT2D eigenvalue weighted by atomic mass is 9.81. The molecule has 0 radical (unpaired) electrons. The van der Waals surface area contributed by atoms with E-state index in [1.165, 1.54) is 19.4 Å². The Morgan fingerprint density at radius 2 is 1.82 bits per heavy atom. The zero-order valence-electron chi connectivity index (χ0n) is 10.6. The number of likely N-dealkylation sites (tertiary alicyclic amines) is 1. The second kappa shape index (κ2) is 5.24. The summed E-state index contributed by atoms with van der Waals surface area (Å²) in [7, 11) is -0.614. The molecule has 2 saturated heterocycles. The van der Waals surface area contributed by atoms with Crippen LogP contribution in [0.3, 0.4) is 0 Å². The summed E-state index contributed by atoms with van der Waals surface area (Å²) in [6.45, 7) is 2.24. The summed E-state index contributed by atoms with van der Waals surface area (Å²) < 4.78 is 22.8. The van der Waals surface area contributed by atoms with Crippen molar-refractivity contribution in [2.45, 2.75) is 31.7 Å². The Morgan fingerprint density at radius 3 is 2.41 bits per heavy atom. The SMILES string of the molecule is CN1CCCC(C(N)C2CCS(=O)(=O)CC2)C1. The van der Waals surface area contributed by atoms with Crippen LogP contribution in [-0.4, -0.2) is 51.0 Å². The molecule has 2 rings (SSSR count). The van der Waals surface area contributed by atoms with E-state index in [1.807, 2.05) is 0 Å². The van der Waals surface area contributed by atoms with Gasteiger partial charge >= 0.3 is 0 Å². The maximum atomic E-state index is 11.4. The zero-order valence-corrected chi connectivity index (χ0v) is 11.5. The van der Waals surface area contributed by atoms with E-state index in [9.17, 15) is 8.42 Å². The molecule has 2 fully saturated rings. The lowest BCUT2D eigenvalue weighted by Crippen LogP contribution is -2.47. The maximum Gasteiger partial charge on any atom is 0.150 e. The van der Waals surface area contributed by atoms with E-state index in [2.05, 4.69) is 11.9 Å². The molecule has 0 bridgehead atoms. The summed E-state index contributed by atoms with van der Waals surface area (Å²) in [6.07, 6.45) is 3.96. The minimum Gasteiger partial charge on any atom is -0.327 e. The number of rotatable bonds is 2. The first-order valence-corrected chi connectivity index (χ1v) is 8.44. The van der Waals surface area contributed by atoms with Crippen molar-refractivity contribution in [2.75, 3.05) is 31.6 Å². The minimum absolute atomic E-state index is 0.188. The molecule has 0 aliphatic carbocycles. The van der Waals surface area contributed by atoms with E-state index in [4.69, 9.17) is 5.73 Å². The number of piperidine rings is 1. The fourth-order valence-corrected chi connectivity index (χ4v) is 4.73. The Labute approximate surface area is 104 Å². The monoisotopic (exact) mass is 260 g/mol. The third-order valence-electron chi connectivity index (χ3n) is 4.35. The van der Waals surface area contributed by atoms with Crippen LogP contribution >= 0.6 is 0 Å². The number of hydrogen-bond donors (Lipinski definition) is 1. The minimum atomic E-state index is -2.76. The normalized spacial score (nSPS) is 33.4. The molecule has 0 saturated carbocycles. The average molecular weight is 260 g/mol. The van der Waals surface area contributed by atoms with E-state index in [0.717, 1.165) is 19.4 Å². The van der Waals surface area contributed by atoms with Gasteiger partial charge in [-0.25, -0.2) is 8.42 Å². The fraction of sp³-hybridized carbons (Fsp3) is 1.00.